The molecule has 1 fully saturated rings. The van der Waals surface area contributed by atoms with E-state index in [1.54, 1.807) is 0 Å². The zero-order chi connectivity index (χ0) is 23.8. The number of hydrogen-bond acceptors (Lipinski definition) is 4. The van der Waals surface area contributed by atoms with Gasteiger partial charge in [-0.1, -0.05) is 26.0 Å². The van der Waals surface area contributed by atoms with Gasteiger partial charge in [0.05, 0.1) is 17.6 Å². The molecular formula is C25H37N5O3. The van der Waals surface area contributed by atoms with Gasteiger partial charge >= 0.3 is 0 Å². The second kappa shape index (κ2) is 11.8. The number of amides is 3. The van der Waals surface area contributed by atoms with Gasteiger partial charge in [0.25, 0.3) is 0 Å². The van der Waals surface area contributed by atoms with Gasteiger partial charge in [-0.25, -0.2) is 4.98 Å². The maximum absolute atomic E-state index is 13.0. The van der Waals surface area contributed by atoms with Crippen LogP contribution in [0, 0.1) is 5.92 Å². The summed E-state index contributed by atoms with van der Waals surface area (Å²) in [6.07, 6.45) is 4.80. The number of nitrogens with one attached hydrogen (secondary N) is 3. The fourth-order valence-electron chi connectivity index (χ4n) is 4.22. The fraction of sp³-hybridized carbons (Fsp3) is 0.600. The Hall–Kier alpha value is -2.90. The van der Waals surface area contributed by atoms with Crippen molar-refractivity contribution in [2.24, 2.45) is 5.92 Å². The highest BCUT2D eigenvalue weighted by Gasteiger charge is 2.26. The molecule has 2 atom stereocenters. The Bertz CT molecular complexity index is 921. The number of hydrogen-bond donors (Lipinski definition) is 3. The predicted molar refractivity (Wildman–Crippen MR) is 128 cm³/mol. The van der Waals surface area contributed by atoms with Crippen molar-refractivity contribution in [2.75, 3.05) is 6.54 Å². The number of fused-ring (bicyclic) bond motifs is 1. The number of aromatic amines is 1. The summed E-state index contributed by atoms with van der Waals surface area (Å²) in [5.41, 5.74) is 1.74. The number of imidazole rings is 1. The van der Waals surface area contributed by atoms with Crippen molar-refractivity contribution in [2.45, 2.75) is 84.3 Å². The summed E-state index contributed by atoms with van der Waals surface area (Å²) in [5, 5.41) is 5.72. The Balaban J connectivity index is 1.59. The molecule has 0 saturated carbocycles. The van der Waals surface area contributed by atoms with Gasteiger partial charge in [-0.05, 0) is 57.1 Å². The highest BCUT2D eigenvalue weighted by Crippen LogP contribution is 2.18. The van der Waals surface area contributed by atoms with E-state index >= 15 is 0 Å². The molecule has 0 radical (unpaired) electrons. The highest BCUT2D eigenvalue weighted by molar-refractivity contribution is 5.88. The number of H-pyrrole nitrogens is 1. The van der Waals surface area contributed by atoms with Crippen LogP contribution in [-0.2, 0) is 20.9 Å². The molecule has 0 aliphatic carbocycles. The average Bonchev–Trinajstić information content (AvgIpc) is 3.22. The SMILES string of the molecule is CC(C)CCC(=O)N[C@@H](CCC(=O)N1CCCC[C@@H]1C)C(=O)NCc1nc2ccccc2[nH]1. The molecular weight excluding hydrogens is 418 g/mol. The van der Waals surface area contributed by atoms with E-state index in [0.29, 0.717) is 18.2 Å². The van der Waals surface area contributed by atoms with Crippen LogP contribution in [0.2, 0.25) is 0 Å². The van der Waals surface area contributed by atoms with Gasteiger partial charge in [0, 0.05) is 25.4 Å². The number of carbonyl (C=O) groups excluding carboxylic acids is 3. The van der Waals surface area contributed by atoms with Crippen molar-refractivity contribution in [1.82, 2.24) is 25.5 Å². The molecule has 2 heterocycles. The maximum atomic E-state index is 13.0. The van der Waals surface area contributed by atoms with E-state index in [1.165, 1.54) is 0 Å². The lowest BCUT2D eigenvalue weighted by molar-refractivity contribution is -0.135. The van der Waals surface area contributed by atoms with Crippen molar-refractivity contribution in [3.8, 4) is 0 Å². The summed E-state index contributed by atoms with van der Waals surface area (Å²) < 4.78 is 0. The van der Waals surface area contributed by atoms with Crippen LogP contribution in [0.1, 0.15) is 71.5 Å². The molecule has 1 aliphatic rings. The smallest absolute Gasteiger partial charge is 0.242 e. The van der Waals surface area contributed by atoms with Crippen molar-refractivity contribution in [3.05, 3.63) is 30.1 Å². The molecule has 0 bridgehead atoms. The second-order valence-electron chi connectivity index (χ2n) is 9.44. The van der Waals surface area contributed by atoms with Gasteiger partial charge in [0.1, 0.15) is 11.9 Å². The highest BCUT2D eigenvalue weighted by atomic mass is 16.2. The van der Waals surface area contributed by atoms with Gasteiger partial charge in [-0.3, -0.25) is 14.4 Å². The molecule has 3 amide bonds. The Morgan fingerprint density at radius 1 is 1.15 bits per heavy atom. The van der Waals surface area contributed by atoms with Gasteiger partial charge in [-0.15, -0.1) is 0 Å². The van der Waals surface area contributed by atoms with E-state index in [0.717, 1.165) is 43.3 Å². The largest absolute Gasteiger partial charge is 0.347 e. The first-order valence-electron chi connectivity index (χ1n) is 12.1. The molecule has 33 heavy (non-hydrogen) atoms. The Labute approximate surface area is 195 Å². The average molecular weight is 456 g/mol. The van der Waals surface area contributed by atoms with Crippen molar-refractivity contribution < 1.29 is 14.4 Å². The fourth-order valence-corrected chi connectivity index (χ4v) is 4.22. The summed E-state index contributed by atoms with van der Waals surface area (Å²) in [6, 6.07) is 7.14. The summed E-state index contributed by atoms with van der Waals surface area (Å²) in [6.45, 7) is 7.18. The quantitative estimate of drug-likeness (QED) is 0.511. The maximum Gasteiger partial charge on any atom is 0.242 e. The van der Waals surface area contributed by atoms with Crippen LogP contribution in [0.5, 0.6) is 0 Å². The number of likely N-dealkylation sites (tertiary alicyclic amines) is 1. The number of rotatable bonds is 10. The Morgan fingerprint density at radius 3 is 2.67 bits per heavy atom. The number of nitrogens with zero attached hydrogens (tertiary/aromatic N) is 2. The lowest BCUT2D eigenvalue weighted by Gasteiger charge is -2.33. The molecule has 3 rings (SSSR count). The van der Waals surface area contributed by atoms with E-state index in [4.69, 9.17) is 0 Å². The molecule has 8 nitrogen and oxygen atoms in total. The van der Waals surface area contributed by atoms with Crippen LogP contribution in [-0.4, -0.2) is 51.2 Å². The molecule has 8 heteroatoms. The van der Waals surface area contributed by atoms with Gasteiger partial charge in [0.15, 0.2) is 0 Å². The number of benzene rings is 1. The third-order valence-electron chi connectivity index (χ3n) is 6.24. The van der Waals surface area contributed by atoms with E-state index in [9.17, 15) is 14.4 Å². The van der Waals surface area contributed by atoms with Crippen molar-refractivity contribution >= 4 is 28.8 Å². The van der Waals surface area contributed by atoms with Gasteiger partial charge in [-0.2, -0.15) is 0 Å². The molecule has 3 N–H and O–H groups in total. The third kappa shape index (κ3) is 7.30. The van der Waals surface area contributed by atoms with Crippen molar-refractivity contribution in [1.29, 1.82) is 0 Å². The van der Waals surface area contributed by atoms with Crippen molar-refractivity contribution in [3.63, 3.8) is 0 Å². The van der Waals surface area contributed by atoms with E-state index in [-0.39, 0.29) is 43.1 Å². The Morgan fingerprint density at radius 2 is 1.94 bits per heavy atom. The second-order valence-corrected chi connectivity index (χ2v) is 9.44. The summed E-state index contributed by atoms with van der Waals surface area (Å²) in [7, 11) is 0. The standard InChI is InChI=1S/C25H37N5O3/c1-17(2)11-13-23(31)29-21(12-14-24(32)30-15-7-6-8-18(30)3)25(33)26-16-22-27-19-9-4-5-10-20(19)28-22/h4-5,9-10,17-18,21H,6-8,11-16H2,1-3H3,(H,26,33)(H,27,28)(H,29,31)/t18-,21-/m0/s1. The van der Waals surface area contributed by atoms with Crippen LogP contribution in [0.4, 0.5) is 0 Å². The number of para-hydroxylation sites is 2. The molecule has 0 unspecified atom stereocenters. The number of piperidine rings is 1. The number of carbonyl (C=O) groups is 3. The minimum absolute atomic E-state index is 0.0497. The molecule has 2 aromatic rings. The summed E-state index contributed by atoms with van der Waals surface area (Å²) in [5.74, 6) is 0.638. The molecule has 1 aromatic heterocycles. The monoisotopic (exact) mass is 455 g/mol. The predicted octanol–water partition coefficient (Wildman–Crippen LogP) is 3.28. The number of aromatic nitrogens is 2. The zero-order valence-electron chi connectivity index (χ0n) is 20.0. The first kappa shape index (κ1) is 24.7. The van der Waals surface area contributed by atoms with Crippen LogP contribution < -0.4 is 10.6 Å². The lowest BCUT2D eigenvalue weighted by atomic mass is 10.0. The van der Waals surface area contributed by atoms with E-state index in [2.05, 4.69) is 41.4 Å². The first-order chi connectivity index (χ1) is 15.8. The molecule has 1 aliphatic heterocycles. The van der Waals surface area contributed by atoms with Gasteiger partial charge in [0.2, 0.25) is 17.7 Å². The minimum atomic E-state index is -0.752. The van der Waals surface area contributed by atoms with Crippen LogP contribution in [0.3, 0.4) is 0 Å². The van der Waals surface area contributed by atoms with E-state index in [1.807, 2.05) is 29.2 Å². The topological polar surface area (TPSA) is 107 Å². The lowest BCUT2D eigenvalue weighted by Crippen LogP contribution is -2.48. The van der Waals surface area contributed by atoms with Crippen LogP contribution >= 0.6 is 0 Å². The molecule has 180 valence electrons. The molecule has 0 spiro atoms. The van der Waals surface area contributed by atoms with Gasteiger partial charge < -0.3 is 20.5 Å². The summed E-state index contributed by atoms with van der Waals surface area (Å²) >= 11 is 0. The molecule has 1 saturated heterocycles. The van der Waals surface area contributed by atoms with E-state index < -0.39 is 6.04 Å². The third-order valence-corrected chi connectivity index (χ3v) is 6.24. The first-order valence-corrected chi connectivity index (χ1v) is 12.1. The zero-order valence-corrected chi connectivity index (χ0v) is 20.0. The molecule has 1 aromatic carbocycles. The summed E-state index contributed by atoms with van der Waals surface area (Å²) in [4.78, 5) is 47.8. The minimum Gasteiger partial charge on any atom is -0.347 e. The Kier molecular flexibility index (Phi) is 8.86. The van der Waals surface area contributed by atoms with Crippen LogP contribution in [0.15, 0.2) is 24.3 Å². The van der Waals surface area contributed by atoms with Crippen LogP contribution in [0.25, 0.3) is 11.0 Å². The normalized spacial score (nSPS) is 17.2.